The third-order valence-corrected chi connectivity index (χ3v) is 2.77. The molecule has 4 nitrogen and oxygen atoms in total. The average Bonchev–Trinajstić information content (AvgIpc) is 2.78. The van der Waals surface area contributed by atoms with Crippen LogP contribution in [0, 0.1) is 6.92 Å². The highest BCUT2D eigenvalue weighted by Gasteiger charge is 2.52. The SMILES string of the molecule is Cc1cc(N2C(=O)NC3CC32)ccn1. The normalized spacial score (nSPS) is 28.6. The van der Waals surface area contributed by atoms with Crippen LogP contribution >= 0.6 is 0 Å². The zero-order valence-corrected chi connectivity index (χ0v) is 7.90. The van der Waals surface area contributed by atoms with Crippen molar-refractivity contribution in [1.82, 2.24) is 10.3 Å². The zero-order valence-electron chi connectivity index (χ0n) is 7.90. The predicted molar refractivity (Wildman–Crippen MR) is 52.2 cm³/mol. The van der Waals surface area contributed by atoms with E-state index < -0.39 is 0 Å². The van der Waals surface area contributed by atoms with Crippen molar-refractivity contribution in [3.05, 3.63) is 24.0 Å². The molecule has 14 heavy (non-hydrogen) atoms. The summed E-state index contributed by atoms with van der Waals surface area (Å²) in [6.45, 7) is 1.93. The minimum absolute atomic E-state index is 0.0249. The molecule has 0 radical (unpaired) electrons. The van der Waals surface area contributed by atoms with Crippen LogP contribution in [0.2, 0.25) is 0 Å². The van der Waals surface area contributed by atoms with Crippen LogP contribution < -0.4 is 10.2 Å². The Kier molecular flexibility index (Phi) is 1.37. The molecule has 0 bridgehead atoms. The summed E-state index contributed by atoms with van der Waals surface area (Å²) in [4.78, 5) is 17.5. The van der Waals surface area contributed by atoms with E-state index in [0.29, 0.717) is 12.1 Å². The molecular weight excluding hydrogens is 178 g/mol. The van der Waals surface area contributed by atoms with Crippen LogP contribution in [0.4, 0.5) is 10.5 Å². The number of anilines is 1. The van der Waals surface area contributed by atoms with Gasteiger partial charge < -0.3 is 5.32 Å². The fourth-order valence-electron chi connectivity index (χ4n) is 1.99. The van der Waals surface area contributed by atoms with Gasteiger partial charge in [-0.3, -0.25) is 9.88 Å². The van der Waals surface area contributed by atoms with Gasteiger partial charge >= 0.3 is 6.03 Å². The molecule has 1 saturated heterocycles. The number of hydrogen-bond acceptors (Lipinski definition) is 2. The molecule has 2 amide bonds. The maximum Gasteiger partial charge on any atom is 0.322 e. The topological polar surface area (TPSA) is 45.2 Å². The Labute approximate surface area is 81.9 Å². The van der Waals surface area contributed by atoms with Crippen LogP contribution in [0.25, 0.3) is 0 Å². The summed E-state index contributed by atoms with van der Waals surface area (Å²) < 4.78 is 0. The van der Waals surface area contributed by atoms with Gasteiger partial charge in [0.2, 0.25) is 0 Å². The number of nitrogens with zero attached hydrogens (tertiary/aromatic N) is 2. The largest absolute Gasteiger partial charge is 0.333 e. The highest BCUT2D eigenvalue weighted by molar-refractivity contribution is 5.97. The van der Waals surface area contributed by atoms with Gasteiger partial charge in [-0.05, 0) is 25.5 Å². The van der Waals surface area contributed by atoms with E-state index in [1.54, 1.807) is 6.20 Å². The van der Waals surface area contributed by atoms with Gasteiger partial charge in [0.15, 0.2) is 0 Å². The van der Waals surface area contributed by atoms with Gasteiger partial charge in [0.1, 0.15) is 0 Å². The Morgan fingerprint density at radius 2 is 2.50 bits per heavy atom. The maximum absolute atomic E-state index is 11.5. The second kappa shape index (κ2) is 2.47. The third kappa shape index (κ3) is 0.999. The van der Waals surface area contributed by atoms with Crippen molar-refractivity contribution in [2.45, 2.75) is 25.4 Å². The number of carbonyl (C=O) groups is 1. The fourth-order valence-corrected chi connectivity index (χ4v) is 1.99. The van der Waals surface area contributed by atoms with Crippen LogP contribution in [0.15, 0.2) is 18.3 Å². The molecular formula is C10H11N3O. The summed E-state index contributed by atoms with van der Waals surface area (Å²) in [6, 6.07) is 4.62. The summed E-state index contributed by atoms with van der Waals surface area (Å²) in [7, 11) is 0. The molecule has 2 aliphatic rings. The molecule has 1 N–H and O–H groups in total. The van der Waals surface area contributed by atoms with E-state index in [1.807, 2.05) is 24.0 Å². The fraction of sp³-hybridized carbons (Fsp3) is 0.400. The first-order valence-corrected chi connectivity index (χ1v) is 4.78. The van der Waals surface area contributed by atoms with Gasteiger partial charge in [-0.15, -0.1) is 0 Å². The van der Waals surface area contributed by atoms with Gasteiger partial charge in [-0.1, -0.05) is 0 Å². The molecule has 3 rings (SSSR count). The predicted octanol–water partition coefficient (Wildman–Crippen LogP) is 1.06. The average molecular weight is 189 g/mol. The molecule has 1 saturated carbocycles. The smallest absolute Gasteiger partial charge is 0.322 e. The number of carbonyl (C=O) groups excluding carboxylic acids is 1. The van der Waals surface area contributed by atoms with E-state index >= 15 is 0 Å². The number of rotatable bonds is 1. The molecule has 1 aromatic rings. The highest BCUT2D eigenvalue weighted by atomic mass is 16.2. The molecule has 1 aliphatic carbocycles. The lowest BCUT2D eigenvalue weighted by Gasteiger charge is -2.17. The Morgan fingerprint density at radius 1 is 1.64 bits per heavy atom. The summed E-state index contributed by atoms with van der Waals surface area (Å²) in [5.74, 6) is 0. The first-order chi connectivity index (χ1) is 6.75. The van der Waals surface area contributed by atoms with Crippen molar-refractivity contribution in [1.29, 1.82) is 0 Å². The summed E-state index contributed by atoms with van der Waals surface area (Å²) in [5, 5.41) is 2.93. The van der Waals surface area contributed by atoms with E-state index in [4.69, 9.17) is 0 Å². The lowest BCUT2D eigenvalue weighted by atomic mass is 10.3. The molecule has 4 heteroatoms. The first kappa shape index (κ1) is 7.79. The van der Waals surface area contributed by atoms with Crippen LogP contribution in [0.1, 0.15) is 12.1 Å². The maximum atomic E-state index is 11.5. The van der Waals surface area contributed by atoms with Crippen LogP contribution in [0.3, 0.4) is 0 Å². The van der Waals surface area contributed by atoms with Gasteiger partial charge in [-0.25, -0.2) is 4.79 Å². The number of fused-ring (bicyclic) bond motifs is 1. The minimum Gasteiger partial charge on any atom is -0.333 e. The second-order valence-corrected chi connectivity index (χ2v) is 3.88. The Morgan fingerprint density at radius 3 is 3.14 bits per heavy atom. The standard InChI is InChI=1S/C10H11N3O/c1-6-4-7(2-3-11-6)13-9-5-8(9)12-10(13)14/h2-4,8-9H,5H2,1H3,(H,12,14). The number of nitrogens with one attached hydrogen (secondary N) is 1. The van der Waals surface area contributed by atoms with E-state index in [-0.39, 0.29) is 6.03 Å². The van der Waals surface area contributed by atoms with Crippen LogP contribution in [0.5, 0.6) is 0 Å². The molecule has 72 valence electrons. The lowest BCUT2D eigenvalue weighted by molar-refractivity contribution is 0.249. The minimum atomic E-state index is 0.0249. The Balaban J connectivity index is 1.98. The molecule has 1 aliphatic heterocycles. The van der Waals surface area contributed by atoms with E-state index in [1.165, 1.54) is 0 Å². The number of aromatic nitrogens is 1. The van der Waals surface area contributed by atoms with Gasteiger partial charge in [0.05, 0.1) is 12.1 Å². The number of hydrogen-bond donors (Lipinski definition) is 1. The number of aryl methyl sites for hydroxylation is 1. The summed E-state index contributed by atoms with van der Waals surface area (Å²) >= 11 is 0. The number of urea groups is 1. The molecule has 0 spiro atoms. The highest BCUT2D eigenvalue weighted by Crippen LogP contribution is 2.37. The van der Waals surface area contributed by atoms with E-state index in [9.17, 15) is 4.79 Å². The van der Waals surface area contributed by atoms with Crippen molar-refractivity contribution in [3.63, 3.8) is 0 Å². The van der Waals surface area contributed by atoms with Crippen molar-refractivity contribution in [3.8, 4) is 0 Å². The summed E-state index contributed by atoms with van der Waals surface area (Å²) in [6.07, 6.45) is 2.82. The van der Waals surface area contributed by atoms with E-state index in [0.717, 1.165) is 17.8 Å². The second-order valence-electron chi connectivity index (χ2n) is 3.88. The molecule has 1 aromatic heterocycles. The lowest BCUT2D eigenvalue weighted by Crippen LogP contribution is -2.33. The van der Waals surface area contributed by atoms with Gasteiger partial charge in [0.25, 0.3) is 0 Å². The number of pyridine rings is 1. The molecule has 2 unspecified atom stereocenters. The monoisotopic (exact) mass is 189 g/mol. The molecule has 2 heterocycles. The molecule has 2 fully saturated rings. The van der Waals surface area contributed by atoms with Crippen LogP contribution in [-0.4, -0.2) is 23.1 Å². The van der Waals surface area contributed by atoms with Crippen molar-refractivity contribution in [2.75, 3.05) is 4.90 Å². The Hall–Kier alpha value is -1.58. The molecule has 2 atom stereocenters. The summed E-state index contributed by atoms with van der Waals surface area (Å²) in [5.41, 5.74) is 1.90. The Bertz CT molecular complexity index is 404. The molecule has 0 aromatic carbocycles. The van der Waals surface area contributed by atoms with E-state index in [2.05, 4.69) is 10.3 Å². The zero-order chi connectivity index (χ0) is 9.71. The van der Waals surface area contributed by atoms with Crippen molar-refractivity contribution >= 4 is 11.7 Å². The van der Waals surface area contributed by atoms with Crippen LogP contribution in [-0.2, 0) is 0 Å². The van der Waals surface area contributed by atoms with Crippen molar-refractivity contribution < 1.29 is 4.79 Å². The number of amides is 2. The van der Waals surface area contributed by atoms with Gasteiger partial charge in [0, 0.05) is 17.6 Å². The first-order valence-electron chi connectivity index (χ1n) is 4.78. The third-order valence-electron chi connectivity index (χ3n) is 2.77. The quantitative estimate of drug-likeness (QED) is 0.718. The van der Waals surface area contributed by atoms with Gasteiger partial charge in [-0.2, -0.15) is 0 Å². The van der Waals surface area contributed by atoms with Crippen molar-refractivity contribution in [2.24, 2.45) is 0 Å².